The second-order valence-electron chi connectivity index (χ2n) is 18.3. The van der Waals surface area contributed by atoms with Gasteiger partial charge in [-0.3, -0.25) is 0 Å². The molecule has 1 heteroatoms. The van der Waals surface area contributed by atoms with Crippen molar-refractivity contribution < 1.29 is 0 Å². The number of hydrogen-bond donors (Lipinski definition) is 0. The number of benzene rings is 10. The van der Waals surface area contributed by atoms with E-state index in [0.717, 1.165) is 17.1 Å². The van der Waals surface area contributed by atoms with Crippen LogP contribution in [0.3, 0.4) is 0 Å². The quantitative estimate of drug-likeness (QED) is 0.161. The number of hydrogen-bond acceptors (Lipinski definition) is 1. The molecule has 0 aliphatic heterocycles. The van der Waals surface area contributed by atoms with E-state index in [0.29, 0.717) is 0 Å². The van der Waals surface area contributed by atoms with Gasteiger partial charge in [0.1, 0.15) is 0 Å². The predicted molar refractivity (Wildman–Crippen MR) is 271 cm³/mol. The average Bonchev–Trinajstić information content (AvgIpc) is 3.93. The summed E-state index contributed by atoms with van der Waals surface area (Å²) in [6.07, 6.45) is 0. The van der Waals surface area contributed by atoms with E-state index in [9.17, 15) is 0 Å². The largest absolute Gasteiger partial charge is 0.310 e. The van der Waals surface area contributed by atoms with Gasteiger partial charge in [-0.25, -0.2) is 0 Å². The molecule has 13 rings (SSSR count). The Bertz CT molecular complexity index is 3460. The van der Waals surface area contributed by atoms with E-state index in [2.05, 4.69) is 255 Å². The molecular formula is C64H45N. The third-order valence-corrected chi connectivity index (χ3v) is 14.7. The molecule has 0 radical (unpaired) electrons. The molecule has 1 spiro atoms. The smallest absolute Gasteiger partial charge is 0.0731 e. The van der Waals surface area contributed by atoms with Gasteiger partial charge >= 0.3 is 0 Å². The zero-order valence-corrected chi connectivity index (χ0v) is 36.5. The highest BCUT2D eigenvalue weighted by molar-refractivity contribution is 6.04. The first kappa shape index (κ1) is 37.5. The summed E-state index contributed by atoms with van der Waals surface area (Å²) in [5.41, 5.74) is 25.7. The Morgan fingerprint density at radius 3 is 1.40 bits per heavy atom. The Hall–Kier alpha value is -8.00. The van der Waals surface area contributed by atoms with Crippen LogP contribution in [0, 0.1) is 0 Å². The molecule has 0 unspecified atom stereocenters. The van der Waals surface area contributed by atoms with Gasteiger partial charge in [0.2, 0.25) is 0 Å². The monoisotopic (exact) mass is 827 g/mol. The lowest BCUT2D eigenvalue weighted by atomic mass is 9.68. The fourth-order valence-corrected chi connectivity index (χ4v) is 11.9. The molecule has 3 aliphatic carbocycles. The van der Waals surface area contributed by atoms with Crippen molar-refractivity contribution in [2.75, 3.05) is 4.90 Å². The molecule has 0 fully saturated rings. The topological polar surface area (TPSA) is 3.24 Å². The highest BCUT2D eigenvalue weighted by Gasteiger charge is 2.53. The minimum atomic E-state index is -0.530. The average molecular weight is 828 g/mol. The summed E-state index contributed by atoms with van der Waals surface area (Å²) in [4.78, 5) is 2.54. The minimum absolute atomic E-state index is 0.171. The first-order valence-electron chi connectivity index (χ1n) is 22.8. The van der Waals surface area contributed by atoms with Crippen molar-refractivity contribution in [3.8, 4) is 66.8 Å². The summed E-state index contributed by atoms with van der Waals surface area (Å²) in [5.74, 6) is 0. The number of anilines is 3. The molecular weight excluding hydrogens is 783 g/mol. The fraction of sp³-hybridized carbons (Fsp3) is 0.0625. The van der Waals surface area contributed by atoms with E-state index in [-0.39, 0.29) is 5.41 Å². The Morgan fingerprint density at radius 1 is 0.292 bits per heavy atom. The molecule has 0 N–H and O–H groups in total. The van der Waals surface area contributed by atoms with E-state index in [1.54, 1.807) is 0 Å². The van der Waals surface area contributed by atoms with Gasteiger partial charge in [-0.15, -0.1) is 0 Å². The maximum absolute atomic E-state index is 2.54. The summed E-state index contributed by atoms with van der Waals surface area (Å²) in [6.45, 7) is 4.76. The van der Waals surface area contributed by atoms with Crippen molar-refractivity contribution in [2.24, 2.45) is 0 Å². The van der Waals surface area contributed by atoms with Crippen LogP contribution < -0.4 is 4.90 Å². The van der Waals surface area contributed by atoms with E-state index in [1.165, 1.54) is 100 Å². The van der Waals surface area contributed by atoms with Crippen molar-refractivity contribution in [1.29, 1.82) is 0 Å². The van der Waals surface area contributed by atoms with Crippen molar-refractivity contribution in [3.63, 3.8) is 0 Å². The molecule has 0 aromatic heterocycles. The van der Waals surface area contributed by atoms with Crippen LogP contribution in [0.4, 0.5) is 17.1 Å². The van der Waals surface area contributed by atoms with Gasteiger partial charge in [0, 0.05) is 22.4 Å². The van der Waals surface area contributed by atoms with Crippen LogP contribution in [-0.2, 0) is 10.8 Å². The van der Waals surface area contributed by atoms with E-state index >= 15 is 0 Å². The van der Waals surface area contributed by atoms with Crippen molar-refractivity contribution in [3.05, 3.63) is 270 Å². The Kier molecular flexibility index (Phi) is 8.24. The molecule has 0 saturated carbocycles. The van der Waals surface area contributed by atoms with Gasteiger partial charge in [-0.05, 0) is 125 Å². The molecule has 1 nitrogen and oxygen atoms in total. The second-order valence-corrected chi connectivity index (χ2v) is 18.3. The molecule has 0 saturated heterocycles. The molecule has 306 valence electrons. The first-order valence-corrected chi connectivity index (χ1v) is 22.8. The number of rotatable bonds is 6. The van der Waals surface area contributed by atoms with E-state index in [4.69, 9.17) is 0 Å². The van der Waals surface area contributed by atoms with Gasteiger partial charge < -0.3 is 4.90 Å². The molecule has 3 aliphatic rings. The molecule has 0 bridgehead atoms. The SMILES string of the molecule is CC1(C)c2ccccc2-c2ccc(N(c3cccc(-c4ccccc4)c3)c3cccc(-c4ccccc4)c3-c3cccc4c3C3(c5ccccc5-c5ccccc53)c3ccccc3-4)cc21. The van der Waals surface area contributed by atoms with Gasteiger partial charge in [0.15, 0.2) is 0 Å². The highest BCUT2D eigenvalue weighted by atomic mass is 15.1. The third-order valence-electron chi connectivity index (χ3n) is 14.7. The summed E-state index contributed by atoms with van der Waals surface area (Å²) < 4.78 is 0. The second kappa shape index (κ2) is 14.3. The Morgan fingerprint density at radius 2 is 0.738 bits per heavy atom. The molecule has 65 heavy (non-hydrogen) atoms. The summed E-state index contributed by atoms with van der Waals surface area (Å²) in [7, 11) is 0. The number of nitrogens with zero attached hydrogens (tertiary/aromatic N) is 1. The van der Waals surface area contributed by atoms with Crippen LogP contribution in [-0.4, -0.2) is 0 Å². The first-order chi connectivity index (χ1) is 32.0. The summed E-state index contributed by atoms with van der Waals surface area (Å²) >= 11 is 0. The highest BCUT2D eigenvalue weighted by Crippen LogP contribution is 2.65. The molecule has 0 amide bonds. The zero-order chi connectivity index (χ0) is 43.3. The standard InChI is InChI=1S/C64H45N/c1-63(2)55-33-13-9-26-48(55)52-39-38-46(41-59(52)63)65(45-25-17-24-44(40-45)42-20-5-3-6-21-42)60-37-19-30-47(43-22-7-4-8-23-43)61(60)54-32-18-31-53-51-29-12-16-36-58(51)64(62(53)54)56-34-14-10-27-49(56)50-28-11-15-35-57(50)64/h3-41H,1-2H3. The van der Waals surface area contributed by atoms with E-state index in [1.807, 2.05) is 0 Å². The van der Waals surface area contributed by atoms with Gasteiger partial charge in [0.25, 0.3) is 0 Å². The molecule has 10 aromatic rings. The van der Waals surface area contributed by atoms with Crippen LogP contribution in [0.1, 0.15) is 47.2 Å². The third kappa shape index (κ3) is 5.33. The summed E-state index contributed by atoms with van der Waals surface area (Å²) in [5, 5.41) is 0. The number of fused-ring (bicyclic) bond motifs is 13. The Balaban J connectivity index is 1.15. The summed E-state index contributed by atoms with van der Waals surface area (Å²) in [6, 6.07) is 88.5. The van der Waals surface area contributed by atoms with Gasteiger partial charge in [-0.1, -0.05) is 220 Å². The maximum Gasteiger partial charge on any atom is 0.0731 e. The lowest BCUT2D eigenvalue weighted by molar-refractivity contribution is 0.660. The van der Waals surface area contributed by atoms with Crippen molar-refractivity contribution in [1.82, 2.24) is 0 Å². The van der Waals surface area contributed by atoms with Gasteiger partial charge in [0.05, 0.1) is 11.1 Å². The Labute approximate surface area is 381 Å². The van der Waals surface area contributed by atoms with Crippen LogP contribution in [0.25, 0.3) is 66.8 Å². The zero-order valence-electron chi connectivity index (χ0n) is 36.5. The van der Waals surface area contributed by atoms with E-state index < -0.39 is 5.41 Å². The molecule has 0 heterocycles. The van der Waals surface area contributed by atoms with Crippen LogP contribution >= 0.6 is 0 Å². The molecule has 10 aromatic carbocycles. The van der Waals surface area contributed by atoms with Crippen LogP contribution in [0.15, 0.2) is 237 Å². The lowest BCUT2D eigenvalue weighted by Crippen LogP contribution is -2.27. The molecule has 0 atom stereocenters. The van der Waals surface area contributed by atoms with Crippen molar-refractivity contribution in [2.45, 2.75) is 24.7 Å². The maximum atomic E-state index is 2.54. The van der Waals surface area contributed by atoms with Crippen LogP contribution in [0.2, 0.25) is 0 Å². The lowest BCUT2D eigenvalue weighted by Gasteiger charge is -2.35. The van der Waals surface area contributed by atoms with Gasteiger partial charge in [-0.2, -0.15) is 0 Å². The fourth-order valence-electron chi connectivity index (χ4n) is 11.9. The van der Waals surface area contributed by atoms with Crippen LogP contribution in [0.5, 0.6) is 0 Å². The van der Waals surface area contributed by atoms with Crippen molar-refractivity contribution >= 4 is 17.1 Å². The minimum Gasteiger partial charge on any atom is -0.310 e. The normalized spacial score (nSPS) is 13.9. The predicted octanol–water partition coefficient (Wildman–Crippen LogP) is 16.8.